The van der Waals surface area contributed by atoms with Crippen LogP contribution in [0.4, 0.5) is 20.6 Å². The van der Waals surface area contributed by atoms with E-state index >= 15 is 0 Å². The summed E-state index contributed by atoms with van der Waals surface area (Å²) in [6.07, 6.45) is -0.257. The summed E-state index contributed by atoms with van der Waals surface area (Å²) in [5.74, 6) is -0.514. The van der Waals surface area contributed by atoms with Gasteiger partial charge in [-0.05, 0) is 35.7 Å². The maximum Gasteiger partial charge on any atom is 0.332 e. The van der Waals surface area contributed by atoms with Crippen LogP contribution in [0.3, 0.4) is 0 Å². The molecule has 1 saturated heterocycles. The van der Waals surface area contributed by atoms with Crippen LogP contribution in [-0.2, 0) is 16.1 Å². The van der Waals surface area contributed by atoms with E-state index in [1.54, 1.807) is 18.2 Å². The number of urea groups is 1. The third kappa shape index (κ3) is 4.86. The van der Waals surface area contributed by atoms with Crippen LogP contribution in [-0.4, -0.2) is 43.0 Å². The first-order chi connectivity index (χ1) is 16.4. The van der Waals surface area contributed by atoms with E-state index in [4.69, 9.17) is 9.47 Å². The molecule has 1 aliphatic rings. The maximum atomic E-state index is 13.4. The van der Waals surface area contributed by atoms with Crippen molar-refractivity contribution in [1.82, 2.24) is 4.90 Å². The van der Waals surface area contributed by atoms with Crippen molar-refractivity contribution in [2.45, 2.75) is 19.0 Å². The molecule has 1 aliphatic heterocycles. The molecule has 1 atom stereocenters. The van der Waals surface area contributed by atoms with Crippen LogP contribution in [0.1, 0.15) is 11.3 Å². The summed E-state index contributed by atoms with van der Waals surface area (Å²) in [7, 11) is 2.99. The lowest BCUT2D eigenvalue weighted by molar-refractivity contribution is -0.124. The van der Waals surface area contributed by atoms with Crippen molar-refractivity contribution in [2.75, 3.05) is 24.4 Å². The number of thiophene rings is 1. The number of carbonyl (C=O) groups excluding carboxylic acids is 3. The van der Waals surface area contributed by atoms with Gasteiger partial charge in [0.25, 0.3) is 5.91 Å². The van der Waals surface area contributed by atoms with Gasteiger partial charge in [-0.3, -0.25) is 9.59 Å². The van der Waals surface area contributed by atoms with Crippen molar-refractivity contribution in [1.29, 1.82) is 0 Å². The van der Waals surface area contributed by atoms with E-state index in [0.29, 0.717) is 17.2 Å². The highest BCUT2D eigenvalue weighted by Crippen LogP contribution is 2.30. The second-order valence-corrected chi connectivity index (χ2v) is 8.54. The third-order valence-corrected chi connectivity index (χ3v) is 6.18. The van der Waals surface area contributed by atoms with Crippen LogP contribution in [0.25, 0.3) is 0 Å². The molecule has 1 unspecified atom stereocenters. The summed E-state index contributed by atoms with van der Waals surface area (Å²) < 4.78 is 23.8. The van der Waals surface area contributed by atoms with Gasteiger partial charge in [-0.25, -0.2) is 14.1 Å². The number of halogens is 1. The number of ether oxygens (including phenoxy) is 2. The Morgan fingerprint density at radius 1 is 1.06 bits per heavy atom. The molecule has 1 aromatic heterocycles. The van der Waals surface area contributed by atoms with Crippen molar-refractivity contribution in [3.63, 3.8) is 0 Å². The monoisotopic (exact) mass is 483 g/mol. The first-order valence-electron chi connectivity index (χ1n) is 10.3. The third-order valence-electron chi connectivity index (χ3n) is 5.32. The first-order valence-corrected chi connectivity index (χ1v) is 11.2. The van der Waals surface area contributed by atoms with E-state index in [1.165, 1.54) is 54.7 Å². The lowest BCUT2D eigenvalue weighted by Gasteiger charge is -2.21. The zero-order chi connectivity index (χ0) is 24.2. The molecule has 2 heterocycles. The van der Waals surface area contributed by atoms with Crippen molar-refractivity contribution < 1.29 is 28.2 Å². The molecular formula is C24H22FN3O5S. The smallest absolute Gasteiger partial charge is 0.332 e. The van der Waals surface area contributed by atoms with Gasteiger partial charge in [-0.1, -0.05) is 6.07 Å². The van der Waals surface area contributed by atoms with E-state index < -0.39 is 29.7 Å². The van der Waals surface area contributed by atoms with E-state index in [-0.39, 0.29) is 18.7 Å². The van der Waals surface area contributed by atoms with Crippen LogP contribution in [0.2, 0.25) is 0 Å². The Labute approximate surface area is 199 Å². The molecule has 10 heteroatoms. The maximum absolute atomic E-state index is 13.4. The minimum absolute atomic E-state index is 0.171. The van der Waals surface area contributed by atoms with Crippen molar-refractivity contribution in [2.24, 2.45) is 0 Å². The molecule has 2 aromatic carbocycles. The quantitative estimate of drug-likeness (QED) is 0.484. The molecule has 0 spiro atoms. The fraction of sp³-hybridized carbons (Fsp3) is 0.208. The summed E-state index contributed by atoms with van der Waals surface area (Å²) in [5.41, 5.74) is 0.672. The number of hydrogen-bond donors (Lipinski definition) is 1. The van der Waals surface area contributed by atoms with Crippen molar-refractivity contribution >= 4 is 40.6 Å². The number of amides is 4. The minimum Gasteiger partial charge on any atom is -0.497 e. The zero-order valence-electron chi connectivity index (χ0n) is 18.5. The van der Waals surface area contributed by atoms with E-state index in [2.05, 4.69) is 5.32 Å². The number of carbonyl (C=O) groups is 3. The van der Waals surface area contributed by atoms with Gasteiger partial charge in [0.05, 0.1) is 32.9 Å². The topological polar surface area (TPSA) is 88.2 Å². The number of imide groups is 1. The fourth-order valence-corrected chi connectivity index (χ4v) is 4.38. The number of hydrogen-bond acceptors (Lipinski definition) is 6. The molecular weight excluding hydrogens is 461 g/mol. The van der Waals surface area contributed by atoms with Gasteiger partial charge < -0.3 is 19.7 Å². The van der Waals surface area contributed by atoms with Crippen molar-refractivity contribution in [3.05, 3.63) is 70.7 Å². The van der Waals surface area contributed by atoms with Crippen LogP contribution in [0.15, 0.2) is 60.0 Å². The molecule has 4 amide bonds. The van der Waals surface area contributed by atoms with E-state index in [1.807, 2.05) is 17.5 Å². The highest BCUT2D eigenvalue weighted by molar-refractivity contribution is 7.09. The van der Waals surface area contributed by atoms with Gasteiger partial charge in [-0.15, -0.1) is 11.3 Å². The van der Waals surface area contributed by atoms with Gasteiger partial charge in [-0.2, -0.15) is 0 Å². The Kier molecular flexibility index (Phi) is 6.78. The molecule has 1 fully saturated rings. The lowest BCUT2D eigenvalue weighted by atomic mass is 10.1. The molecule has 0 saturated carbocycles. The number of rotatable bonds is 8. The van der Waals surface area contributed by atoms with Gasteiger partial charge in [0, 0.05) is 28.8 Å². The molecule has 0 bridgehead atoms. The summed E-state index contributed by atoms with van der Waals surface area (Å²) in [4.78, 5) is 42.6. The van der Waals surface area contributed by atoms with Crippen LogP contribution < -0.4 is 19.7 Å². The largest absolute Gasteiger partial charge is 0.497 e. The first kappa shape index (κ1) is 23.2. The van der Waals surface area contributed by atoms with Crippen LogP contribution in [0.5, 0.6) is 11.5 Å². The Balaban J connectivity index is 1.58. The second-order valence-electron chi connectivity index (χ2n) is 7.51. The summed E-state index contributed by atoms with van der Waals surface area (Å²) >= 11 is 1.44. The summed E-state index contributed by atoms with van der Waals surface area (Å²) in [6.45, 7) is 0.171. The average molecular weight is 484 g/mol. The molecule has 34 heavy (non-hydrogen) atoms. The van der Waals surface area contributed by atoms with Gasteiger partial charge >= 0.3 is 6.03 Å². The Bertz CT molecular complexity index is 1180. The second kappa shape index (κ2) is 9.92. The van der Waals surface area contributed by atoms with Gasteiger partial charge in [0.1, 0.15) is 23.4 Å². The Morgan fingerprint density at radius 3 is 2.32 bits per heavy atom. The molecule has 8 nitrogen and oxygen atoms in total. The fourth-order valence-electron chi connectivity index (χ4n) is 3.68. The highest BCUT2D eigenvalue weighted by atomic mass is 32.1. The predicted octanol–water partition coefficient (Wildman–Crippen LogP) is 4.27. The van der Waals surface area contributed by atoms with E-state index in [0.717, 1.165) is 9.78 Å². The molecule has 4 rings (SSSR count). The molecule has 0 radical (unpaired) electrons. The van der Waals surface area contributed by atoms with E-state index in [9.17, 15) is 18.8 Å². The average Bonchev–Trinajstić information content (AvgIpc) is 3.42. The predicted molar refractivity (Wildman–Crippen MR) is 126 cm³/mol. The highest BCUT2D eigenvalue weighted by Gasteiger charge is 2.46. The number of methoxy groups -OCH3 is 2. The number of nitrogens with one attached hydrogen (secondary N) is 1. The summed E-state index contributed by atoms with van der Waals surface area (Å²) in [6, 6.07) is 12.1. The molecule has 1 N–H and O–H groups in total. The number of benzene rings is 2. The lowest BCUT2D eigenvalue weighted by Crippen LogP contribution is -2.37. The summed E-state index contributed by atoms with van der Waals surface area (Å²) in [5, 5.41) is 4.61. The minimum atomic E-state index is -1.02. The Morgan fingerprint density at radius 2 is 1.74 bits per heavy atom. The van der Waals surface area contributed by atoms with Gasteiger partial charge in [0.2, 0.25) is 5.91 Å². The molecule has 3 aromatic rings. The molecule has 0 aliphatic carbocycles. The van der Waals surface area contributed by atoms with Crippen molar-refractivity contribution in [3.8, 4) is 11.5 Å². The number of nitrogens with zero attached hydrogens (tertiary/aromatic N) is 2. The standard InChI is InChI=1S/C24H22FN3O5S/c1-32-18-10-16(11-19(12-18)33-2)26-22(29)13-21-23(30)28(17-7-5-15(25)6-8-17)24(31)27(21)14-20-4-3-9-34-20/h3-12,21H,13-14H2,1-2H3,(H,26,29). The SMILES string of the molecule is COc1cc(NC(=O)CC2C(=O)N(c3ccc(F)cc3)C(=O)N2Cc2cccs2)cc(OC)c1. The zero-order valence-corrected chi connectivity index (χ0v) is 19.3. The number of anilines is 2. The van der Waals surface area contributed by atoms with Crippen LogP contribution >= 0.6 is 11.3 Å². The Hall–Kier alpha value is -3.92. The normalized spacial score (nSPS) is 15.6. The molecule has 176 valence electrons. The van der Waals surface area contributed by atoms with Gasteiger partial charge in [0.15, 0.2) is 0 Å². The van der Waals surface area contributed by atoms with Crippen LogP contribution in [0, 0.1) is 5.82 Å².